The second-order valence-electron chi connectivity index (χ2n) is 7.29. The molecule has 0 atom stereocenters. The van der Waals surface area contributed by atoms with Gasteiger partial charge >= 0.3 is 0 Å². The topological polar surface area (TPSA) is 150 Å². The molecule has 0 aliphatic heterocycles. The van der Waals surface area contributed by atoms with Crippen molar-refractivity contribution in [2.24, 2.45) is 7.05 Å². The Labute approximate surface area is 209 Å². The number of nitrogens with one attached hydrogen (secondary N) is 2. The summed E-state index contributed by atoms with van der Waals surface area (Å²) in [7, 11) is 0.470. The molecule has 0 radical (unpaired) electrons. The summed E-state index contributed by atoms with van der Waals surface area (Å²) in [6.45, 7) is 7.61. The van der Waals surface area contributed by atoms with Crippen LogP contribution in [0, 0.1) is 0 Å². The van der Waals surface area contributed by atoms with Crippen LogP contribution in [0.25, 0.3) is 12.2 Å². The maximum absolute atomic E-state index is 13.0. The summed E-state index contributed by atoms with van der Waals surface area (Å²) in [5.41, 5.74) is 1.04. The third kappa shape index (κ3) is 5.93. The SMILES string of the molecule is C=Cc1nc(Nc2cc(OC)cc(OC)c2OCCCO)c(NS(=O)(=O)c2ccn(C)n2)nc1C=C. The normalized spacial score (nSPS) is 11.0. The molecule has 192 valence electrons. The monoisotopic (exact) mass is 516 g/mol. The zero-order chi connectivity index (χ0) is 26.3. The minimum Gasteiger partial charge on any atom is -0.497 e. The molecule has 0 unspecified atom stereocenters. The lowest BCUT2D eigenvalue weighted by Gasteiger charge is -2.19. The summed E-state index contributed by atoms with van der Waals surface area (Å²) >= 11 is 0. The predicted octanol–water partition coefficient (Wildman–Crippen LogP) is 2.82. The molecule has 1 aromatic carbocycles. The Morgan fingerprint density at radius 1 is 1.11 bits per heavy atom. The van der Waals surface area contributed by atoms with Gasteiger partial charge in [0.2, 0.25) is 0 Å². The van der Waals surface area contributed by atoms with E-state index in [2.05, 4.69) is 38.3 Å². The van der Waals surface area contributed by atoms with E-state index in [1.807, 2.05) is 0 Å². The molecule has 0 aliphatic carbocycles. The number of hydrogen-bond acceptors (Lipinski definition) is 10. The molecule has 12 nitrogen and oxygen atoms in total. The van der Waals surface area contributed by atoms with Crippen molar-refractivity contribution in [2.45, 2.75) is 11.4 Å². The zero-order valence-electron chi connectivity index (χ0n) is 20.2. The number of hydrogen-bond donors (Lipinski definition) is 3. The van der Waals surface area contributed by atoms with Crippen LogP contribution in [0.5, 0.6) is 17.2 Å². The van der Waals surface area contributed by atoms with Crippen LogP contribution in [-0.2, 0) is 17.1 Å². The third-order valence-electron chi connectivity index (χ3n) is 4.82. The number of aromatic nitrogens is 4. The summed E-state index contributed by atoms with van der Waals surface area (Å²) in [4.78, 5) is 8.89. The van der Waals surface area contributed by atoms with Crippen LogP contribution < -0.4 is 24.2 Å². The van der Waals surface area contributed by atoms with Gasteiger partial charge in [0.1, 0.15) is 5.75 Å². The summed E-state index contributed by atoms with van der Waals surface area (Å²) < 4.78 is 46.5. The average Bonchev–Trinajstić information content (AvgIpc) is 3.32. The van der Waals surface area contributed by atoms with Gasteiger partial charge in [0, 0.05) is 38.4 Å². The van der Waals surface area contributed by atoms with Crippen molar-refractivity contribution in [3.8, 4) is 17.2 Å². The minimum absolute atomic E-state index is 0.0531. The second-order valence-corrected chi connectivity index (χ2v) is 8.92. The van der Waals surface area contributed by atoms with Gasteiger partial charge in [0.15, 0.2) is 28.2 Å². The van der Waals surface area contributed by atoms with Gasteiger partial charge < -0.3 is 24.6 Å². The first-order valence-electron chi connectivity index (χ1n) is 10.7. The lowest BCUT2D eigenvalue weighted by Crippen LogP contribution is -2.17. The Kier molecular flexibility index (Phi) is 8.51. The Balaban J connectivity index is 2.13. The number of sulfonamides is 1. The first kappa shape index (κ1) is 26.5. The molecular formula is C23H28N6O6S. The highest BCUT2D eigenvalue weighted by Crippen LogP contribution is 2.41. The van der Waals surface area contributed by atoms with Crippen molar-refractivity contribution >= 4 is 39.5 Å². The van der Waals surface area contributed by atoms with Crippen molar-refractivity contribution in [3.05, 3.63) is 48.9 Å². The third-order valence-corrected chi connectivity index (χ3v) is 6.05. The van der Waals surface area contributed by atoms with Crippen LogP contribution in [0.2, 0.25) is 0 Å². The van der Waals surface area contributed by atoms with Gasteiger partial charge in [-0.15, -0.1) is 0 Å². The number of anilines is 3. The van der Waals surface area contributed by atoms with Gasteiger partial charge in [0.05, 0.1) is 37.9 Å². The number of aliphatic hydroxyl groups excluding tert-OH is 1. The second kappa shape index (κ2) is 11.6. The lowest BCUT2D eigenvalue weighted by molar-refractivity contribution is 0.228. The van der Waals surface area contributed by atoms with Crippen molar-refractivity contribution in [3.63, 3.8) is 0 Å². The van der Waals surface area contributed by atoms with E-state index in [-0.39, 0.29) is 29.9 Å². The Morgan fingerprint density at radius 3 is 2.36 bits per heavy atom. The molecule has 0 bridgehead atoms. The molecule has 2 heterocycles. The van der Waals surface area contributed by atoms with Gasteiger partial charge in [-0.2, -0.15) is 13.5 Å². The van der Waals surface area contributed by atoms with E-state index in [0.717, 1.165) is 0 Å². The molecule has 3 N–H and O–H groups in total. The van der Waals surface area contributed by atoms with E-state index in [0.29, 0.717) is 40.7 Å². The largest absolute Gasteiger partial charge is 0.497 e. The number of benzene rings is 1. The van der Waals surface area contributed by atoms with Gasteiger partial charge in [-0.05, 0) is 18.2 Å². The van der Waals surface area contributed by atoms with Crippen LogP contribution in [0.3, 0.4) is 0 Å². The van der Waals surface area contributed by atoms with E-state index >= 15 is 0 Å². The fourth-order valence-corrected chi connectivity index (χ4v) is 4.07. The molecule has 0 fully saturated rings. The molecule has 0 aliphatic rings. The number of aryl methyl sites for hydroxylation is 1. The van der Waals surface area contributed by atoms with Crippen LogP contribution in [0.15, 0.2) is 42.6 Å². The highest BCUT2D eigenvalue weighted by molar-refractivity contribution is 7.92. The van der Waals surface area contributed by atoms with E-state index in [9.17, 15) is 8.42 Å². The van der Waals surface area contributed by atoms with Gasteiger partial charge in [-0.25, -0.2) is 9.97 Å². The van der Waals surface area contributed by atoms with Crippen LogP contribution in [-0.4, -0.2) is 60.7 Å². The van der Waals surface area contributed by atoms with Crippen LogP contribution in [0.4, 0.5) is 17.3 Å². The van der Waals surface area contributed by atoms with Crippen molar-refractivity contribution in [1.82, 2.24) is 19.7 Å². The molecule has 2 aromatic heterocycles. The van der Waals surface area contributed by atoms with Crippen LogP contribution >= 0.6 is 0 Å². The number of rotatable bonds is 13. The van der Waals surface area contributed by atoms with Gasteiger partial charge in [0.25, 0.3) is 10.0 Å². The van der Waals surface area contributed by atoms with Crippen molar-refractivity contribution in [1.29, 1.82) is 0 Å². The lowest BCUT2D eigenvalue weighted by atomic mass is 10.2. The predicted molar refractivity (Wildman–Crippen MR) is 136 cm³/mol. The Hall–Kier alpha value is -4.10. The van der Waals surface area contributed by atoms with E-state index in [4.69, 9.17) is 19.3 Å². The zero-order valence-corrected chi connectivity index (χ0v) is 21.0. The first-order chi connectivity index (χ1) is 17.3. The molecule has 0 spiro atoms. The smallest absolute Gasteiger partial charge is 0.282 e. The molecule has 3 aromatic rings. The quantitative estimate of drug-likeness (QED) is 0.289. The molecule has 0 saturated heterocycles. The summed E-state index contributed by atoms with van der Waals surface area (Å²) in [6.07, 6.45) is 4.80. The first-order valence-corrected chi connectivity index (χ1v) is 12.2. The molecule has 13 heteroatoms. The van der Waals surface area contributed by atoms with Crippen molar-refractivity contribution in [2.75, 3.05) is 37.5 Å². The van der Waals surface area contributed by atoms with Gasteiger partial charge in [-0.1, -0.05) is 13.2 Å². The maximum Gasteiger partial charge on any atom is 0.282 e. The van der Waals surface area contributed by atoms with Crippen molar-refractivity contribution < 1.29 is 27.7 Å². The molecular weight excluding hydrogens is 488 g/mol. The Morgan fingerprint density at radius 2 is 1.81 bits per heavy atom. The molecule has 36 heavy (non-hydrogen) atoms. The van der Waals surface area contributed by atoms with E-state index < -0.39 is 10.0 Å². The Bertz CT molecular complexity index is 1360. The van der Waals surface area contributed by atoms with Gasteiger partial charge in [-0.3, -0.25) is 9.40 Å². The standard InChI is InChI=1S/C23H28N6O6S/c1-6-16-17(7-2)25-23(28-36(31,32)20-9-10-29(3)27-20)22(24-16)26-18-13-15(33-4)14-19(34-5)21(18)35-12-8-11-30/h6-7,9-10,13-14,30H,1-2,8,11-12H2,3-5H3,(H,24,26)(H,25,28). The highest BCUT2D eigenvalue weighted by atomic mass is 32.2. The molecule has 0 amide bonds. The van der Waals surface area contributed by atoms with E-state index in [1.165, 1.54) is 43.3 Å². The molecule has 3 rings (SSSR count). The summed E-state index contributed by atoms with van der Waals surface area (Å²) in [5.74, 6) is 1.05. The van der Waals surface area contributed by atoms with E-state index in [1.54, 1.807) is 19.2 Å². The minimum atomic E-state index is -4.10. The summed E-state index contributed by atoms with van der Waals surface area (Å²) in [5, 5.41) is 16.0. The average molecular weight is 517 g/mol. The summed E-state index contributed by atoms with van der Waals surface area (Å²) in [6, 6.07) is 4.62. The molecule has 0 saturated carbocycles. The fraction of sp³-hybridized carbons (Fsp3) is 0.261. The number of ether oxygens (including phenoxy) is 3. The number of nitrogens with zero attached hydrogens (tertiary/aromatic N) is 4. The fourth-order valence-electron chi connectivity index (χ4n) is 3.09. The number of aliphatic hydroxyl groups is 1. The maximum atomic E-state index is 13.0. The number of methoxy groups -OCH3 is 2. The highest BCUT2D eigenvalue weighted by Gasteiger charge is 2.23. The van der Waals surface area contributed by atoms with Crippen LogP contribution in [0.1, 0.15) is 17.8 Å².